The van der Waals surface area contributed by atoms with Crippen LogP contribution < -0.4 is 9.47 Å². The van der Waals surface area contributed by atoms with E-state index in [4.69, 9.17) is 18.9 Å². The standard InChI is InChI=1S/C27H32O7/c1-17(2)7-6-8-18(3)13-24-27(16-25(29)34-24)15-20(10-12-23(27)28)33-26(30)19-9-11-21(31-4)22(14-19)32-5/h7,9-14,20,24H,6,8,15-16H2,1-5H3/b18-13+/t20-,24-,27+/m1/s1. The van der Waals surface area contributed by atoms with E-state index < -0.39 is 29.6 Å². The van der Waals surface area contributed by atoms with Crippen LogP contribution in [-0.4, -0.2) is 44.1 Å². The van der Waals surface area contributed by atoms with Crippen molar-refractivity contribution in [2.24, 2.45) is 5.41 Å². The Hall–Kier alpha value is -3.35. The minimum atomic E-state index is -1.08. The maximum Gasteiger partial charge on any atom is 0.338 e. The molecule has 1 heterocycles. The summed E-state index contributed by atoms with van der Waals surface area (Å²) in [6.45, 7) is 6.06. The van der Waals surface area contributed by atoms with Gasteiger partial charge in [0.15, 0.2) is 17.3 Å². The van der Waals surface area contributed by atoms with E-state index in [1.807, 2.05) is 26.8 Å². The molecule has 2 aliphatic rings. The summed E-state index contributed by atoms with van der Waals surface area (Å²) in [4.78, 5) is 38.1. The molecule has 0 aromatic heterocycles. The molecule has 1 aromatic rings. The summed E-state index contributed by atoms with van der Waals surface area (Å²) >= 11 is 0. The number of hydrogen-bond acceptors (Lipinski definition) is 7. The highest BCUT2D eigenvalue weighted by Crippen LogP contribution is 2.45. The third-order valence-electron chi connectivity index (χ3n) is 6.19. The molecule has 3 rings (SSSR count). The van der Waals surface area contributed by atoms with E-state index in [1.54, 1.807) is 18.2 Å². The molecule has 1 fully saturated rings. The van der Waals surface area contributed by atoms with Crippen molar-refractivity contribution in [1.82, 2.24) is 0 Å². The van der Waals surface area contributed by atoms with Gasteiger partial charge in [0.1, 0.15) is 12.2 Å². The molecule has 1 spiro atoms. The molecule has 3 atom stereocenters. The number of benzene rings is 1. The van der Waals surface area contributed by atoms with Crippen LogP contribution in [0.25, 0.3) is 0 Å². The Labute approximate surface area is 200 Å². The third kappa shape index (κ3) is 5.58. The van der Waals surface area contributed by atoms with Gasteiger partial charge in [-0.15, -0.1) is 0 Å². The zero-order valence-corrected chi connectivity index (χ0v) is 20.4. The Balaban J connectivity index is 1.78. The summed E-state index contributed by atoms with van der Waals surface area (Å²) in [5, 5.41) is 0. The number of ketones is 1. The van der Waals surface area contributed by atoms with Gasteiger partial charge in [-0.1, -0.05) is 17.2 Å². The largest absolute Gasteiger partial charge is 0.493 e. The van der Waals surface area contributed by atoms with E-state index in [2.05, 4.69) is 6.08 Å². The topological polar surface area (TPSA) is 88.1 Å². The molecule has 0 unspecified atom stereocenters. The molecular weight excluding hydrogens is 436 g/mol. The first-order valence-electron chi connectivity index (χ1n) is 11.3. The smallest absolute Gasteiger partial charge is 0.338 e. The van der Waals surface area contributed by atoms with Crippen molar-refractivity contribution in [1.29, 1.82) is 0 Å². The minimum Gasteiger partial charge on any atom is -0.493 e. The molecule has 0 saturated carbocycles. The Morgan fingerprint density at radius 3 is 2.56 bits per heavy atom. The summed E-state index contributed by atoms with van der Waals surface area (Å²) in [6, 6.07) is 4.75. The fraction of sp³-hybridized carbons (Fsp3) is 0.444. The molecule has 34 heavy (non-hydrogen) atoms. The predicted molar refractivity (Wildman–Crippen MR) is 127 cm³/mol. The average molecular weight is 469 g/mol. The molecule has 7 heteroatoms. The fourth-order valence-electron chi connectivity index (χ4n) is 4.33. The number of esters is 2. The first-order chi connectivity index (χ1) is 16.2. The van der Waals surface area contributed by atoms with Crippen molar-refractivity contribution in [2.75, 3.05) is 14.2 Å². The zero-order chi connectivity index (χ0) is 24.9. The van der Waals surface area contributed by atoms with Gasteiger partial charge in [-0.2, -0.15) is 0 Å². The first kappa shape index (κ1) is 25.3. The van der Waals surface area contributed by atoms with Gasteiger partial charge in [0, 0.05) is 6.42 Å². The van der Waals surface area contributed by atoms with Crippen molar-refractivity contribution in [3.63, 3.8) is 0 Å². The maximum atomic E-state index is 13.0. The highest BCUT2D eigenvalue weighted by Gasteiger charge is 2.55. The lowest BCUT2D eigenvalue weighted by molar-refractivity contribution is -0.140. The lowest BCUT2D eigenvalue weighted by Crippen LogP contribution is -2.43. The van der Waals surface area contributed by atoms with Crippen LogP contribution in [0.1, 0.15) is 56.8 Å². The minimum absolute atomic E-state index is 0.0387. The maximum absolute atomic E-state index is 13.0. The van der Waals surface area contributed by atoms with Crippen molar-refractivity contribution in [3.05, 3.63) is 59.2 Å². The van der Waals surface area contributed by atoms with E-state index in [9.17, 15) is 14.4 Å². The Bertz CT molecular complexity index is 1050. The SMILES string of the molecule is COc1ccc(C(=O)O[C@@H]2C=CC(=O)[C@@]3(CC(=O)O[C@@H]3/C=C(\C)CCC=C(C)C)C2)cc1OC. The number of rotatable bonds is 8. The molecule has 0 bridgehead atoms. The van der Waals surface area contributed by atoms with Crippen molar-refractivity contribution >= 4 is 17.7 Å². The first-order valence-corrected chi connectivity index (χ1v) is 11.3. The van der Waals surface area contributed by atoms with E-state index >= 15 is 0 Å². The van der Waals surface area contributed by atoms with Crippen LogP contribution >= 0.6 is 0 Å². The van der Waals surface area contributed by atoms with Gasteiger partial charge < -0.3 is 18.9 Å². The number of cyclic esters (lactones) is 1. The van der Waals surface area contributed by atoms with Gasteiger partial charge >= 0.3 is 11.9 Å². The molecule has 1 aromatic carbocycles. The van der Waals surface area contributed by atoms with Crippen LogP contribution in [0, 0.1) is 5.41 Å². The van der Waals surface area contributed by atoms with E-state index in [0.29, 0.717) is 17.1 Å². The van der Waals surface area contributed by atoms with Crippen molar-refractivity contribution in [2.45, 2.75) is 58.7 Å². The molecule has 1 aliphatic heterocycles. The quantitative estimate of drug-likeness (QED) is 0.402. The number of allylic oxidation sites excluding steroid dienone is 4. The second-order valence-corrected chi connectivity index (χ2v) is 9.02. The Kier molecular flexibility index (Phi) is 7.97. The molecule has 7 nitrogen and oxygen atoms in total. The van der Waals surface area contributed by atoms with E-state index in [1.165, 1.54) is 31.9 Å². The summed E-state index contributed by atoms with van der Waals surface area (Å²) in [7, 11) is 3.00. The number of methoxy groups -OCH3 is 2. The lowest BCUT2D eigenvalue weighted by Gasteiger charge is -2.34. The summed E-state index contributed by atoms with van der Waals surface area (Å²) in [6.07, 6.45) is 7.43. The third-order valence-corrected chi connectivity index (χ3v) is 6.19. The number of carbonyl (C=O) groups excluding carboxylic acids is 3. The molecule has 1 saturated heterocycles. The average Bonchev–Trinajstić information content (AvgIpc) is 3.10. The summed E-state index contributed by atoms with van der Waals surface area (Å²) < 4.78 is 21.7. The fourth-order valence-corrected chi connectivity index (χ4v) is 4.33. The molecular formula is C27H32O7. The normalized spacial score (nSPS) is 24.1. The van der Waals surface area contributed by atoms with Crippen LogP contribution in [0.2, 0.25) is 0 Å². The summed E-state index contributed by atoms with van der Waals surface area (Å²) in [5.74, 6) is -0.263. The van der Waals surface area contributed by atoms with Gasteiger partial charge in [-0.25, -0.2) is 4.79 Å². The van der Waals surface area contributed by atoms with Gasteiger partial charge in [0.25, 0.3) is 0 Å². The monoisotopic (exact) mass is 468 g/mol. The Morgan fingerprint density at radius 2 is 1.88 bits per heavy atom. The van der Waals surface area contributed by atoms with Crippen molar-refractivity contribution < 1.29 is 33.3 Å². The molecule has 1 aliphatic carbocycles. The highest BCUT2D eigenvalue weighted by atomic mass is 16.6. The van der Waals surface area contributed by atoms with Crippen LogP contribution in [0.15, 0.2) is 53.6 Å². The highest BCUT2D eigenvalue weighted by molar-refractivity contribution is 6.00. The number of ether oxygens (including phenoxy) is 4. The zero-order valence-electron chi connectivity index (χ0n) is 20.4. The van der Waals surface area contributed by atoms with Gasteiger partial charge in [0.2, 0.25) is 0 Å². The van der Waals surface area contributed by atoms with Gasteiger partial charge in [-0.05, 0) is 70.0 Å². The molecule has 0 N–H and O–H groups in total. The van der Waals surface area contributed by atoms with Crippen LogP contribution in [-0.2, 0) is 19.1 Å². The predicted octanol–water partition coefficient (Wildman–Crippen LogP) is 4.75. The lowest BCUT2D eigenvalue weighted by atomic mass is 9.69. The van der Waals surface area contributed by atoms with Crippen LogP contribution in [0.4, 0.5) is 0 Å². The number of carbonyl (C=O) groups is 3. The summed E-state index contributed by atoms with van der Waals surface area (Å²) in [5.41, 5.74) is 1.50. The van der Waals surface area contributed by atoms with Crippen molar-refractivity contribution in [3.8, 4) is 11.5 Å². The molecule has 0 amide bonds. The second-order valence-electron chi connectivity index (χ2n) is 9.02. The Morgan fingerprint density at radius 1 is 1.15 bits per heavy atom. The van der Waals surface area contributed by atoms with E-state index in [0.717, 1.165) is 18.4 Å². The molecule has 0 radical (unpaired) electrons. The number of hydrogen-bond donors (Lipinski definition) is 0. The van der Waals surface area contributed by atoms with Gasteiger partial charge in [0.05, 0.1) is 31.6 Å². The van der Waals surface area contributed by atoms with Crippen LogP contribution in [0.5, 0.6) is 11.5 Å². The van der Waals surface area contributed by atoms with E-state index in [-0.39, 0.29) is 18.6 Å². The molecule has 182 valence electrons. The van der Waals surface area contributed by atoms with Crippen LogP contribution in [0.3, 0.4) is 0 Å². The van der Waals surface area contributed by atoms with Gasteiger partial charge in [-0.3, -0.25) is 9.59 Å². The second kappa shape index (κ2) is 10.7.